The molecule has 44 heavy (non-hydrogen) atoms. The van der Waals surface area contributed by atoms with E-state index in [-0.39, 0.29) is 25.1 Å². The lowest BCUT2D eigenvalue weighted by molar-refractivity contribution is -0.116. The third kappa shape index (κ3) is 8.49. The zero-order valence-electron chi connectivity index (χ0n) is 23.9. The number of amides is 1. The monoisotopic (exact) mass is 629 g/mol. The Hall–Kier alpha value is -4.14. The van der Waals surface area contributed by atoms with E-state index in [4.69, 9.17) is 23.8 Å². The number of phosphoric ester groups is 1. The minimum Gasteiger partial charge on any atom is -0.496 e. The van der Waals surface area contributed by atoms with Gasteiger partial charge in [-0.25, -0.2) is 18.9 Å². The number of rotatable bonds is 14. The predicted octanol–water partition coefficient (Wildman–Crippen LogP) is 3.70. The SMILES string of the molecule is COc1cc(OCCCN2CCC[C@H]2COP(=O)(O)O)cc2ncnc(Nc3cnn(CC(=O)Nc4cccc(F)c4)c3)c12. The highest BCUT2D eigenvalue weighted by atomic mass is 31.2. The molecular formula is C28H33FN7O7P. The molecule has 4 N–H and O–H groups in total. The molecule has 1 fully saturated rings. The van der Waals surface area contributed by atoms with E-state index in [1.54, 1.807) is 30.6 Å². The van der Waals surface area contributed by atoms with Crippen LogP contribution in [0.1, 0.15) is 19.3 Å². The molecule has 1 aliphatic rings. The van der Waals surface area contributed by atoms with Gasteiger partial charge >= 0.3 is 7.82 Å². The fraction of sp³-hybridized carbons (Fsp3) is 0.357. The first kappa shape index (κ1) is 31.3. The Labute approximate surface area is 252 Å². The van der Waals surface area contributed by atoms with Crippen molar-refractivity contribution in [2.24, 2.45) is 0 Å². The molecule has 1 aliphatic heterocycles. The average molecular weight is 630 g/mol. The van der Waals surface area contributed by atoms with Gasteiger partial charge in [0, 0.05) is 36.6 Å². The molecule has 2 aromatic heterocycles. The highest BCUT2D eigenvalue weighted by Crippen LogP contribution is 2.37. The maximum atomic E-state index is 13.4. The van der Waals surface area contributed by atoms with Crippen molar-refractivity contribution in [3.05, 3.63) is 60.9 Å². The van der Waals surface area contributed by atoms with Gasteiger partial charge in [0.05, 0.1) is 43.1 Å². The molecular weight excluding hydrogens is 596 g/mol. The number of hydrogen-bond donors (Lipinski definition) is 4. The summed E-state index contributed by atoms with van der Waals surface area (Å²) in [4.78, 5) is 41.3. The van der Waals surface area contributed by atoms with Gasteiger partial charge < -0.3 is 29.9 Å². The van der Waals surface area contributed by atoms with Crippen molar-refractivity contribution in [2.45, 2.75) is 31.8 Å². The zero-order chi connectivity index (χ0) is 31.1. The lowest BCUT2D eigenvalue weighted by Gasteiger charge is -2.24. The quantitative estimate of drug-likeness (QED) is 0.118. The third-order valence-corrected chi connectivity index (χ3v) is 7.48. The Bertz CT molecular complexity index is 1650. The van der Waals surface area contributed by atoms with Gasteiger partial charge in [-0.05, 0) is 44.0 Å². The van der Waals surface area contributed by atoms with E-state index in [1.807, 2.05) is 0 Å². The molecule has 16 heteroatoms. The summed E-state index contributed by atoms with van der Waals surface area (Å²) >= 11 is 0. The van der Waals surface area contributed by atoms with Crippen LogP contribution in [0, 0.1) is 5.82 Å². The van der Waals surface area contributed by atoms with Crippen LogP contribution in [-0.4, -0.2) is 79.8 Å². The number of anilines is 3. The summed E-state index contributed by atoms with van der Waals surface area (Å²) in [5.41, 5.74) is 1.53. The summed E-state index contributed by atoms with van der Waals surface area (Å²) in [6.07, 6.45) is 7.08. The molecule has 1 saturated heterocycles. The van der Waals surface area contributed by atoms with Crippen LogP contribution in [0.4, 0.5) is 21.6 Å². The largest absolute Gasteiger partial charge is 0.496 e. The maximum absolute atomic E-state index is 13.4. The number of benzene rings is 2. The molecule has 1 amide bonds. The molecule has 0 bridgehead atoms. The summed E-state index contributed by atoms with van der Waals surface area (Å²) in [7, 11) is -2.95. The smallest absolute Gasteiger partial charge is 0.469 e. The van der Waals surface area contributed by atoms with Crippen LogP contribution in [0.25, 0.3) is 10.9 Å². The number of nitrogens with zero attached hydrogens (tertiary/aromatic N) is 5. The second kappa shape index (κ2) is 14.1. The third-order valence-electron chi connectivity index (χ3n) is 7.00. The van der Waals surface area contributed by atoms with Crippen LogP contribution in [0.15, 0.2) is 55.1 Å². The molecule has 234 valence electrons. The summed E-state index contributed by atoms with van der Waals surface area (Å²) < 4.78 is 42.2. The van der Waals surface area contributed by atoms with Crippen LogP contribution < -0.4 is 20.1 Å². The summed E-state index contributed by atoms with van der Waals surface area (Å²) in [6, 6.07) is 9.16. The molecule has 0 unspecified atom stereocenters. The number of aromatic nitrogens is 4. The first-order chi connectivity index (χ1) is 21.2. The minimum absolute atomic E-state index is 0.00420. The van der Waals surface area contributed by atoms with Gasteiger partial charge in [0.1, 0.15) is 36.0 Å². The number of hydrogen-bond acceptors (Lipinski definition) is 10. The molecule has 0 aliphatic carbocycles. The number of ether oxygens (including phenoxy) is 2. The Balaban J connectivity index is 1.18. The molecule has 5 rings (SSSR count). The fourth-order valence-electron chi connectivity index (χ4n) is 5.05. The Morgan fingerprint density at radius 3 is 2.86 bits per heavy atom. The van der Waals surface area contributed by atoms with Crippen LogP contribution in [0.3, 0.4) is 0 Å². The second-order valence-corrected chi connectivity index (χ2v) is 11.4. The van der Waals surface area contributed by atoms with E-state index >= 15 is 0 Å². The van der Waals surface area contributed by atoms with Crippen molar-refractivity contribution in [2.75, 3.05) is 44.0 Å². The number of likely N-dealkylation sites (tertiary alicyclic amines) is 1. The van der Waals surface area contributed by atoms with Crippen LogP contribution >= 0.6 is 7.82 Å². The number of fused-ring (bicyclic) bond motifs is 1. The minimum atomic E-state index is -4.49. The van der Waals surface area contributed by atoms with Crippen molar-refractivity contribution >= 4 is 41.8 Å². The van der Waals surface area contributed by atoms with E-state index in [0.29, 0.717) is 59.2 Å². The highest BCUT2D eigenvalue weighted by molar-refractivity contribution is 7.46. The number of nitrogens with one attached hydrogen (secondary N) is 2. The van der Waals surface area contributed by atoms with E-state index in [2.05, 4.69) is 30.6 Å². The lowest BCUT2D eigenvalue weighted by Crippen LogP contribution is -2.34. The molecule has 0 saturated carbocycles. The van der Waals surface area contributed by atoms with E-state index in [9.17, 15) is 13.8 Å². The van der Waals surface area contributed by atoms with Gasteiger partial charge in [0.25, 0.3) is 0 Å². The van der Waals surface area contributed by atoms with Crippen molar-refractivity contribution in [3.8, 4) is 11.5 Å². The average Bonchev–Trinajstić information content (AvgIpc) is 3.62. The van der Waals surface area contributed by atoms with Crippen LogP contribution in [-0.2, 0) is 20.4 Å². The number of phosphoric acid groups is 1. The van der Waals surface area contributed by atoms with E-state index in [0.717, 1.165) is 19.4 Å². The van der Waals surface area contributed by atoms with Crippen molar-refractivity contribution < 1.29 is 37.5 Å². The zero-order valence-corrected chi connectivity index (χ0v) is 24.8. The highest BCUT2D eigenvalue weighted by Gasteiger charge is 2.27. The van der Waals surface area contributed by atoms with Crippen molar-refractivity contribution in [1.29, 1.82) is 0 Å². The molecule has 0 radical (unpaired) electrons. The molecule has 14 nitrogen and oxygen atoms in total. The van der Waals surface area contributed by atoms with Crippen molar-refractivity contribution in [3.63, 3.8) is 0 Å². The van der Waals surface area contributed by atoms with Crippen molar-refractivity contribution in [1.82, 2.24) is 24.6 Å². The maximum Gasteiger partial charge on any atom is 0.469 e. The summed E-state index contributed by atoms with van der Waals surface area (Å²) in [6.45, 7) is 1.88. The van der Waals surface area contributed by atoms with Gasteiger partial charge in [-0.1, -0.05) is 6.07 Å². The lowest BCUT2D eigenvalue weighted by atomic mass is 10.2. The number of carbonyl (C=O) groups is 1. The molecule has 0 spiro atoms. The summed E-state index contributed by atoms with van der Waals surface area (Å²) in [5, 5.41) is 10.7. The Morgan fingerprint density at radius 1 is 1.20 bits per heavy atom. The Morgan fingerprint density at radius 2 is 2.07 bits per heavy atom. The van der Waals surface area contributed by atoms with Gasteiger partial charge in [0.15, 0.2) is 0 Å². The molecule has 1 atom stereocenters. The van der Waals surface area contributed by atoms with Crippen LogP contribution in [0.5, 0.6) is 11.5 Å². The van der Waals surface area contributed by atoms with Gasteiger partial charge in [-0.3, -0.25) is 18.9 Å². The van der Waals surface area contributed by atoms with Gasteiger partial charge in [-0.15, -0.1) is 0 Å². The van der Waals surface area contributed by atoms with Crippen LogP contribution in [0.2, 0.25) is 0 Å². The Kier molecular flexibility index (Phi) is 10.0. The molecule has 4 aromatic rings. The number of carbonyl (C=O) groups excluding carboxylic acids is 1. The van der Waals surface area contributed by atoms with Gasteiger partial charge in [-0.2, -0.15) is 5.10 Å². The second-order valence-electron chi connectivity index (χ2n) is 10.2. The molecule has 3 heterocycles. The topological polar surface area (TPSA) is 173 Å². The standard InChI is InChI=1S/C28H33FN7O7P/c1-41-25-13-23(42-10-4-9-35-8-3-7-22(35)17-43-44(38,39)40)12-24-27(25)28(31-18-30-24)34-21-14-32-36(15-21)16-26(37)33-20-6-2-5-19(29)11-20/h2,5-6,11-15,18,22H,3-4,7-10,16-17H2,1H3,(H,33,37)(H,30,31,34)(H2,38,39,40)/t22-/m0/s1. The molecule has 2 aromatic carbocycles. The normalized spacial score (nSPS) is 15.4. The number of methoxy groups -OCH3 is 1. The van der Waals surface area contributed by atoms with E-state index in [1.165, 1.54) is 36.3 Å². The fourth-order valence-corrected chi connectivity index (χ4v) is 5.42. The predicted molar refractivity (Wildman–Crippen MR) is 159 cm³/mol. The van der Waals surface area contributed by atoms with Gasteiger partial charge in [0.2, 0.25) is 5.91 Å². The summed E-state index contributed by atoms with van der Waals surface area (Å²) in [5.74, 6) is 0.734. The number of halogens is 1. The first-order valence-corrected chi connectivity index (χ1v) is 15.4. The van der Waals surface area contributed by atoms with E-state index < -0.39 is 13.6 Å². The first-order valence-electron chi connectivity index (χ1n) is 13.9.